The van der Waals surface area contributed by atoms with Crippen molar-refractivity contribution in [2.45, 2.75) is 32.6 Å². The Kier molecular flexibility index (Phi) is 2.96. The fourth-order valence-electron chi connectivity index (χ4n) is 2.24. The van der Waals surface area contributed by atoms with E-state index in [0.29, 0.717) is 5.75 Å². The SMILES string of the molecule is CC(C)(C)c1cc2cc(OC(=O)N3CCC3)ccc2[nH]1. The fraction of sp³-hybridized carbons (Fsp3) is 0.438. The number of hydrogen-bond acceptors (Lipinski definition) is 2. The summed E-state index contributed by atoms with van der Waals surface area (Å²) in [5, 5.41) is 1.07. The van der Waals surface area contributed by atoms with E-state index in [4.69, 9.17) is 4.74 Å². The third kappa shape index (κ3) is 2.38. The summed E-state index contributed by atoms with van der Waals surface area (Å²) in [5.74, 6) is 0.605. The highest BCUT2D eigenvalue weighted by molar-refractivity contribution is 5.83. The van der Waals surface area contributed by atoms with Gasteiger partial charge in [0, 0.05) is 35.1 Å². The van der Waals surface area contributed by atoms with Crippen molar-refractivity contribution in [1.82, 2.24) is 9.88 Å². The Morgan fingerprint density at radius 3 is 2.60 bits per heavy atom. The molecular weight excluding hydrogens is 252 g/mol. The third-order valence-electron chi connectivity index (χ3n) is 3.72. The van der Waals surface area contributed by atoms with Gasteiger partial charge >= 0.3 is 6.09 Å². The normalized spacial score (nSPS) is 15.2. The van der Waals surface area contributed by atoms with Crippen molar-refractivity contribution in [2.75, 3.05) is 13.1 Å². The molecule has 1 amide bonds. The number of amides is 1. The van der Waals surface area contributed by atoms with Crippen LogP contribution in [-0.4, -0.2) is 29.1 Å². The Balaban J connectivity index is 1.84. The number of carbonyl (C=O) groups excluding carboxylic acids is 1. The highest BCUT2D eigenvalue weighted by atomic mass is 16.6. The van der Waals surface area contributed by atoms with Crippen molar-refractivity contribution in [2.24, 2.45) is 0 Å². The summed E-state index contributed by atoms with van der Waals surface area (Å²) < 4.78 is 5.39. The first-order valence-corrected chi connectivity index (χ1v) is 7.03. The molecule has 1 aliphatic rings. The Morgan fingerprint density at radius 2 is 2.00 bits per heavy atom. The van der Waals surface area contributed by atoms with Crippen molar-refractivity contribution >= 4 is 17.0 Å². The minimum Gasteiger partial charge on any atom is -0.410 e. The van der Waals surface area contributed by atoms with Gasteiger partial charge in [-0.15, -0.1) is 0 Å². The summed E-state index contributed by atoms with van der Waals surface area (Å²) >= 11 is 0. The van der Waals surface area contributed by atoms with Crippen LogP contribution in [0.4, 0.5) is 4.79 Å². The average Bonchev–Trinajstić information content (AvgIpc) is 2.68. The Hall–Kier alpha value is -1.97. The molecule has 1 aromatic carbocycles. The smallest absolute Gasteiger partial charge is 0.410 e. The van der Waals surface area contributed by atoms with Gasteiger partial charge in [-0.25, -0.2) is 4.79 Å². The van der Waals surface area contributed by atoms with E-state index in [9.17, 15) is 4.79 Å². The zero-order chi connectivity index (χ0) is 14.3. The molecule has 0 aliphatic carbocycles. The number of hydrogen-bond donors (Lipinski definition) is 1. The van der Waals surface area contributed by atoms with Gasteiger partial charge in [0.2, 0.25) is 0 Å². The number of fused-ring (bicyclic) bond motifs is 1. The topological polar surface area (TPSA) is 45.3 Å². The maximum Gasteiger partial charge on any atom is 0.415 e. The molecular formula is C16H20N2O2. The van der Waals surface area contributed by atoms with Crippen LogP contribution in [0.1, 0.15) is 32.9 Å². The molecule has 0 saturated carbocycles. The van der Waals surface area contributed by atoms with Crippen LogP contribution in [0.25, 0.3) is 10.9 Å². The van der Waals surface area contributed by atoms with Gasteiger partial charge < -0.3 is 14.6 Å². The largest absolute Gasteiger partial charge is 0.415 e. The number of rotatable bonds is 1. The first-order chi connectivity index (χ1) is 9.43. The van der Waals surface area contributed by atoms with E-state index in [2.05, 4.69) is 31.8 Å². The quantitative estimate of drug-likeness (QED) is 0.861. The van der Waals surface area contributed by atoms with Crippen molar-refractivity contribution < 1.29 is 9.53 Å². The molecule has 106 valence electrons. The summed E-state index contributed by atoms with van der Waals surface area (Å²) in [6.45, 7) is 8.12. The lowest BCUT2D eigenvalue weighted by Crippen LogP contribution is -2.43. The number of nitrogens with zero attached hydrogens (tertiary/aromatic N) is 1. The van der Waals surface area contributed by atoms with E-state index in [1.807, 2.05) is 18.2 Å². The number of carbonyl (C=O) groups is 1. The Morgan fingerprint density at radius 1 is 1.25 bits per heavy atom. The molecule has 0 spiro atoms. The van der Waals surface area contributed by atoms with Gasteiger partial charge in [-0.2, -0.15) is 0 Å². The van der Waals surface area contributed by atoms with Crippen LogP contribution in [0.2, 0.25) is 0 Å². The van der Waals surface area contributed by atoms with Gasteiger partial charge in [-0.1, -0.05) is 20.8 Å². The van der Waals surface area contributed by atoms with E-state index in [1.165, 1.54) is 5.69 Å². The summed E-state index contributed by atoms with van der Waals surface area (Å²) in [6, 6.07) is 7.83. The molecule has 0 radical (unpaired) electrons. The zero-order valence-electron chi connectivity index (χ0n) is 12.2. The van der Waals surface area contributed by atoms with E-state index >= 15 is 0 Å². The number of nitrogens with one attached hydrogen (secondary N) is 1. The van der Waals surface area contributed by atoms with Crippen LogP contribution < -0.4 is 4.74 Å². The van der Waals surface area contributed by atoms with Crippen LogP contribution in [0, 0.1) is 0 Å². The van der Waals surface area contributed by atoms with Crippen molar-refractivity contribution in [3.8, 4) is 5.75 Å². The third-order valence-corrected chi connectivity index (χ3v) is 3.72. The molecule has 1 fully saturated rings. The van der Waals surface area contributed by atoms with Gasteiger partial charge in [0.1, 0.15) is 5.75 Å². The van der Waals surface area contributed by atoms with E-state index in [0.717, 1.165) is 30.4 Å². The van der Waals surface area contributed by atoms with E-state index < -0.39 is 0 Å². The zero-order valence-corrected chi connectivity index (χ0v) is 12.2. The van der Waals surface area contributed by atoms with Gasteiger partial charge in [-0.05, 0) is 30.7 Å². The average molecular weight is 272 g/mol. The minimum absolute atomic E-state index is 0.0769. The van der Waals surface area contributed by atoms with Crippen LogP contribution in [0.3, 0.4) is 0 Å². The summed E-state index contributed by atoms with van der Waals surface area (Å²) in [5.41, 5.74) is 2.32. The molecule has 0 atom stereocenters. The fourth-order valence-corrected chi connectivity index (χ4v) is 2.24. The second-order valence-electron chi connectivity index (χ2n) is 6.39. The van der Waals surface area contributed by atoms with E-state index in [1.54, 1.807) is 4.90 Å². The highest BCUT2D eigenvalue weighted by Gasteiger charge is 2.22. The van der Waals surface area contributed by atoms with Gasteiger partial charge in [0.05, 0.1) is 0 Å². The molecule has 4 nitrogen and oxygen atoms in total. The molecule has 1 saturated heterocycles. The summed E-state index contributed by atoms with van der Waals surface area (Å²) in [6.07, 6.45) is 0.822. The predicted molar refractivity (Wildman–Crippen MR) is 79.2 cm³/mol. The van der Waals surface area contributed by atoms with Crippen molar-refractivity contribution in [3.05, 3.63) is 30.0 Å². The molecule has 1 aliphatic heterocycles. The van der Waals surface area contributed by atoms with Crippen molar-refractivity contribution in [3.63, 3.8) is 0 Å². The lowest BCUT2D eigenvalue weighted by molar-refractivity contribution is 0.125. The first kappa shape index (κ1) is 13.0. The molecule has 20 heavy (non-hydrogen) atoms. The Labute approximate surface area is 118 Å². The minimum atomic E-state index is -0.248. The molecule has 0 bridgehead atoms. The molecule has 2 aromatic rings. The number of H-pyrrole nitrogens is 1. The second kappa shape index (κ2) is 4.54. The number of benzene rings is 1. The number of ether oxygens (including phenoxy) is 1. The summed E-state index contributed by atoms with van der Waals surface area (Å²) in [4.78, 5) is 16.9. The monoisotopic (exact) mass is 272 g/mol. The van der Waals surface area contributed by atoms with Gasteiger partial charge in [0.15, 0.2) is 0 Å². The molecule has 4 heteroatoms. The van der Waals surface area contributed by atoms with Crippen LogP contribution >= 0.6 is 0 Å². The van der Waals surface area contributed by atoms with Gasteiger partial charge in [-0.3, -0.25) is 0 Å². The van der Waals surface area contributed by atoms with Crippen molar-refractivity contribution in [1.29, 1.82) is 0 Å². The molecule has 1 aromatic heterocycles. The molecule has 3 rings (SSSR count). The summed E-state index contributed by atoms with van der Waals surface area (Å²) in [7, 11) is 0. The lowest BCUT2D eigenvalue weighted by Gasteiger charge is -2.29. The van der Waals surface area contributed by atoms with E-state index in [-0.39, 0.29) is 11.5 Å². The van der Waals surface area contributed by atoms with Crippen LogP contribution in [-0.2, 0) is 5.41 Å². The molecule has 2 heterocycles. The Bertz CT molecular complexity index is 648. The first-order valence-electron chi connectivity index (χ1n) is 7.03. The number of aromatic amines is 1. The highest BCUT2D eigenvalue weighted by Crippen LogP contribution is 2.28. The molecule has 0 unspecified atom stereocenters. The number of likely N-dealkylation sites (tertiary alicyclic amines) is 1. The van der Waals surface area contributed by atoms with Crippen LogP contribution in [0.5, 0.6) is 5.75 Å². The molecule has 1 N–H and O–H groups in total. The maximum absolute atomic E-state index is 11.8. The van der Waals surface area contributed by atoms with Gasteiger partial charge in [0.25, 0.3) is 0 Å². The van der Waals surface area contributed by atoms with Crippen LogP contribution in [0.15, 0.2) is 24.3 Å². The standard InChI is InChI=1S/C16H20N2O2/c1-16(2,3)14-10-11-9-12(5-6-13(11)17-14)20-15(19)18-7-4-8-18/h5-6,9-10,17H,4,7-8H2,1-3H3. The predicted octanol–water partition coefficient (Wildman–Crippen LogP) is 3.67. The maximum atomic E-state index is 11.8. The second-order valence-corrected chi connectivity index (χ2v) is 6.39. The lowest BCUT2D eigenvalue weighted by atomic mass is 9.92. The number of aromatic nitrogens is 1.